The van der Waals surface area contributed by atoms with Crippen LogP contribution in [0.3, 0.4) is 0 Å². The first-order chi connectivity index (χ1) is 14.4. The van der Waals surface area contributed by atoms with Gasteiger partial charge in [-0.1, -0.05) is 18.2 Å². The molecule has 4 rings (SSSR count). The first-order valence-electron chi connectivity index (χ1n) is 9.63. The van der Waals surface area contributed by atoms with Gasteiger partial charge in [0.25, 0.3) is 5.91 Å². The Morgan fingerprint density at radius 2 is 2.00 bits per heavy atom. The lowest BCUT2D eigenvalue weighted by molar-refractivity contribution is -0.0257. The standard InChI is InChI=1S/C22H22N4O4/c1-13-20(30-14(2)25-13)22(28)26-8-9-29-19(12-26)18-7-6-17(11-24-18)15-4-3-5-16(10-15)21(23)27/h3-7,10-11,19H,8-9,12H2,1-2H3,(H2,23,27)/t19-/m1/s1. The molecule has 1 atom stereocenters. The number of pyridine rings is 1. The minimum atomic E-state index is -0.473. The Hall–Kier alpha value is -3.52. The maximum atomic E-state index is 12.8. The van der Waals surface area contributed by atoms with Gasteiger partial charge in [-0.25, -0.2) is 4.98 Å². The zero-order valence-electron chi connectivity index (χ0n) is 16.8. The number of morpholine rings is 1. The number of carbonyl (C=O) groups is 2. The number of oxazole rings is 1. The van der Waals surface area contributed by atoms with E-state index in [1.54, 1.807) is 43.1 Å². The first kappa shape index (κ1) is 19.8. The number of rotatable bonds is 4. The summed E-state index contributed by atoms with van der Waals surface area (Å²) in [5.74, 6) is 0.0735. The number of aryl methyl sites for hydroxylation is 2. The third-order valence-corrected chi connectivity index (χ3v) is 5.05. The van der Waals surface area contributed by atoms with Gasteiger partial charge in [0.2, 0.25) is 11.7 Å². The molecular formula is C22H22N4O4. The molecule has 0 bridgehead atoms. The summed E-state index contributed by atoms with van der Waals surface area (Å²) in [6.07, 6.45) is 1.39. The summed E-state index contributed by atoms with van der Waals surface area (Å²) >= 11 is 0. The van der Waals surface area contributed by atoms with E-state index in [0.29, 0.717) is 36.8 Å². The van der Waals surface area contributed by atoms with Crippen LogP contribution in [0.5, 0.6) is 0 Å². The van der Waals surface area contributed by atoms with Gasteiger partial charge >= 0.3 is 0 Å². The van der Waals surface area contributed by atoms with Crippen molar-refractivity contribution in [2.45, 2.75) is 20.0 Å². The Balaban J connectivity index is 1.50. The van der Waals surface area contributed by atoms with E-state index in [0.717, 1.165) is 16.8 Å². The summed E-state index contributed by atoms with van der Waals surface area (Å²) in [6.45, 7) is 4.74. The number of nitrogens with two attached hydrogens (primary N) is 1. The molecule has 154 valence electrons. The van der Waals surface area contributed by atoms with Gasteiger partial charge in [-0.15, -0.1) is 0 Å². The summed E-state index contributed by atoms with van der Waals surface area (Å²) < 4.78 is 11.3. The van der Waals surface area contributed by atoms with Crippen LogP contribution in [0.1, 0.15) is 44.3 Å². The predicted molar refractivity (Wildman–Crippen MR) is 109 cm³/mol. The van der Waals surface area contributed by atoms with Gasteiger partial charge in [0.05, 0.1) is 24.5 Å². The van der Waals surface area contributed by atoms with Gasteiger partial charge in [0, 0.05) is 30.8 Å². The van der Waals surface area contributed by atoms with Crippen molar-refractivity contribution in [2.75, 3.05) is 19.7 Å². The van der Waals surface area contributed by atoms with Crippen molar-refractivity contribution in [1.29, 1.82) is 0 Å². The molecule has 0 radical (unpaired) electrons. The molecule has 8 heteroatoms. The highest BCUT2D eigenvalue weighted by Crippen LogP contribution is 2.26. The average molecular weight is 406 g/mol. The maximum absolute atomic E-state index is 12.8. The van der Waals surface area contributed by atoms with Crippen LogP contribution in [0.15, 0.2) is 47.0 Å². The van der Waals surface area contributed by atoms with E-state index < -0.39 is 5.91 Å². The number of amides is 2. The van der Waals surface area contributed by atoms with Crippen molar-refractivity contribution >= 4 is 11.8 Å². The van der Waals surface area contributed by atoms with Gasteiger partial charge in [-0.05, 0) is 30.7 Å². The van der Waals surface area contributed by atoms with E-state index in [2.05, 4.69) is 9.97 Å². The highest BCUT2D eigenvalue weighted by molar-refractivity contribution is 5.94. The van der Waals surface area contributed by atoms with Crippen molar-refractivity contribution in [3.63, 3.8) is 0 Å². The van der Waals surface area contributed by atoms with E-state index in [9.17, 15) is 9.59 Å². The number of ether oxygens (including phenoxy) is 1. The van der Waals surface area contributed by atoms with Crippen LogP contribution in [0.25, 0.3) is 11.1 Å². The lowest BCUT2D eigenvalue weighted by Gasteiger charge is -2.32. The van der Waals surface area contributed by atoms with E-state index in [1.807, 2.05) is 18.2 Å². The smallest absolute Gasteiger partial charge is 0.291 e. The number of nitrogens with zero attached hydrogens (tertiary/aromatic N) is 3. The van der Waals surface area contributed by atoms with Crippen LogP contribution in [0, 0.1) is 13.8 Å². The van der Waals surface area contributed by atoms with Crippen molar-refractivity contribution in [1.82, 2.24) is 14.9 Å². The van der Waals surface area contributed by atoms with E-state index in [1.165, 1.54) is 0 Å². The quantitative estimate of drug-likeness (QED) is 0.713. The van der Waals surface area contributed by atoms with Gasteiger partial charge in [0.1, 0.15) is 6.10 Å². The van der Waals surface area contributed by atoms with Crippen molar-refractivity contribution in [2.24, 2.45) is 5.73 Å². The Bertz CT molecular complexity index is 1090. The number of carbonyl (C=O) groups excluding carboxylic acids is 2. The van der Waals surface area contributed by atoms with Crippen molar-refractivity contribution < 1.29 is 18.7 Å². The summed E-state index contributed by atoms with van der Waals surface area (Å²) in [7, 11) is 0. The molecule has 0 spiro atoms. The fourth-order valence-electron chi connectivity index (χ4n) is 3.50. The lowest BCUT2D eigenvalue weighted by Crippen LogP contribution is -2.42. The molecular weight excluding hydrogens is 384 g/mol. The third kappa shape index (κ3) is 3.95. The average Bonchev–Trinajstić information content (AvgIpc) is 3.11. The number of hydrogen-bond acceptors (Lipinski definition) is 6. The van der Waals surface area contributed by atoms with Crippen LogP contribution in [0.4, 0.5) is 0 Å². The predicted octanol–water partition coefficient (Wildman–Crippen LogP) is 2.67. The van der Waals surface area contributed by atoms with Crippen molar-refractivity contribution in [3.05, 3.63) is 71.2 Å². The Kier molecular flexibility index (Phi) is 5.33. The maximum Gasteiger partial charge on any atom is 0.291 e. The second kappa shape index (κ2) is 8.08. The van der Waals surface area contributed by atoms with Gasteiger partial charge < -0.3 is 19.8 Å². The molecule has 0 saturated carbocycles. The fraction of sp³-hybridized carbons (Fsp3) is 0.273. The SMILES string of the molecule is Cc1nc(C)c(C(=O)N2CCO[C@@H](c3ccc(-c4cccc(C(N)=O)c4)cn3)C2)o1. The van der Waals surface area contributed by atoms with Gasteiger partial charge in [-0.3, -0.25) is 14.6 Å². The minimum absolute atomic E-state index is 0.193. The normalized spacial score (nSPS) is 16.5. The molecule has 1 saturated heterocycles. The fourth-order valence-corrected chi connectivity index (χ4v) is 3.50. The van der Waals surface area contributed by atoms with Crippen molar-refractivity contribution in [3.8, 4) is 11.1 Å². The zero-order valence-corrected chi connectivity index (χ0v) is 16.8. The van der Waals surface area contributed by atoms with Crippen LogP contribution in [0.2, 0.25) is 0 Å². The number of primary amides is 1. The molecule has 1 aliphatic heterocycles. The van der Waals surface area contributed by atoms with Crippen LogP contribution >= 0.6 is 0 Å². The minimum Gasteiger partial charge on any atom is -0.436 e. The Morgan fingerprint density at radius 3 is 2.67 bits per heavy atom. The molecule has 1 aromatic carbocycles. The first-order valence-corrected chi connectivity index (χ1v) is 9.63. The molecule has 1 aliphatic rings. The molecule has 3 heterocycles. The van der Waals surface area contributed by atoms with Crippen LogP contribution < -0.4 is 5.73 Å². The summed E-state index contributed by atoms with van der Waals surface area (Å²) in [6, 6.07) is 10.9. The molecule has 2 N–H and O–H groups in total. The summed E-state index contributed by atoms with van der Waals surface area (Å²) in [5.41, 5.74) is 8.83. The molecule has 8 nitrogen and oxygen atoms in total. The number of benzene rings is 1. The number of aromatic nitrogens is 2. The zero-order chi connectivity index (χ0) is 21.3. The molecule has 3 aromatic rings. The molecule has 2 aromatic heterocycles. The van der Waals surface area contributed by atoms with E-state index >= 15 is 0 Å². The molecule has 2 amide bonds. The molecule has 0 aliphatic carbocycles. The monoisotopic (exact) mass is 406 g/mol. The Labute approximate surface area is 173 Å². The highest BCUT2D eigenvalue weighted by Gasteiger charge is 2.29. The Morgan fingerprint density at radius 1 is 1.17 bits per heavy atom. The van der Waals surface area contributed by atoms with Crippen LogP contribution in [-0.2, 0) is 4.74 Å². The topological polar surface area (TPSA) is 112 Å². The summed E-state index contributed by atoms with van der Waals surface area (Å²) in [4.78, 5) is 34.6. The number of hydrogen-bond donors (Lipinski definition) is 1. The lowest BCUT2D eigenvalue weighted by atomic mass is 10.0. The van der Waals surface area contributed by atoms with Gasteiger partial charge in [0.15, 0.2) is 5.89 Å². The molecule has 30 heavy (non-hydrogen) atoms. The third-order valence-electron chi connectivity index (χ3n) is 5.05. The molecule has 1 fully saturated rings. The second-order valence-electron chi connectivity index (χ2n) is 7.17. The molecule has 0 unspecified atom stereocenters. The van der Waals surface area contributed by atoms with E-state index in [-0.39, 0.29) is 17.8 Å². The second-order valence-corrected chi connectivity index (χ2v) is 7.17. The highest BCUT2D eigenvalue weighted by atomic mass is 16.5. The largest absolute Gasteiger partial charge is 0.436 e. The van der Waals surface area contributed by atoms with Crippen LogP contribution in [-0.4, -0.2) is 46.4 Å². The summed E-state index contributed by atoms with van der Waals surface area (Å²) in [5, 5.41) is 0. The van der Waals surface area contributed by atoms with E-state index in [4.69, 9.17) is 14.9 Å². The van der Waals surface area contributed by atoms with Gasteiger partial charge in [-0.2, -0.15) is 0 Å².